The molecule has 0 aliphatic carbocycles. The van der Waals surface area contributed by atoms with E-state index in [1.807, 2.05) is 18.2 Å². The third kappa shape index (κ3) is 3.75. The number of fused-ring (bicyclic) bond motifs is 1. The minimum atomic E-state index is -0.298. The lowest BCUT2D eigenvalue weighted by Gasteiger charge is -2.07. The Balaban J connectivity index is 1.63. The molecule has 0 saturated carbocycles. The second-order valence-electron chi connectivity index (χ2n) is 6.39. The number of carbonyl (C=O) groups excluding carboxylic acids is 2. The van der Waals surface area contributed by atoms with Gasteiger partial charge in [0, 0.05) is 11.1 Å². The molecule has 3 aromatic carbocycles. The van der Waals surface area contributed by atoms with Gasteiger partial charge in [-0.15, -0.1) is 0 Å². The maximum atomic E-state index is 12.9. The lowest BCUT2D eigenvalue weighted by molar-refractivity contribution is 0.0912. The van der Waals surface area contributed by atoms with E-state index in [1.54, 1.807) is 67.8 Å². The zero-order valence-corrected chi connectivity index (χ0v) is 15.8. The number of para-hydroxylation sites is 1. The van der Waals surface area contributed by atoms with E-state index in [0.29, 0.717) is 27.8 Å². The molecule has 5 heteroatoms. The highest BCUT2D eigenvalue weighted by atomic mass is 16.5. The molecule has 1 aromatic heterocycles. The Bertz CT molecular complexity index is 1160. The Kier molecular flexibility index (Phi) is 5.12. The van der Waals surface area contributed by atoms with E-state index in [4.69, 9.17) is 13.9 Å². The van der Waals surface area contributed by atoms with Crippen LogP contribution in [-0.4, -0.2) is 25.3 Å². The number of ether oxygens (including phenoxy) is 2. The Morgan fingerprint density at radius 1 is 0.828 bits per heavy atom. The zero-order chi connectivity index (χ0) is 20.2. The molecule has 5 nitrogen and oxygen atoms in total. The number of rotatable bonds is 7. The van der Waals surface area contributed by atoms with E-state index in [0.717, 1.165) is 0 Å². The summed E-state index contributed by atoms with van der Waals surface area (Å²) in [5, 5.41) is 0.648. The van der Waals surface area contributed by atoms with Crippen molar-refractivity contribution in [2.45, 2.75) is 0 Å². The molecule has 1 heterocycles. The average Bonchev–Trinajstić information content (AvgIpc) is 3.16. The molecule has 0 radical (unpaired) electrons. The monoisotopic (exact) mass is 386 g/mol. The van der Waals surface area contributed by atoms with Crippen molar-refractivity contribution < 1.29 is 23.5 Å². The van der Waals surface area contributed by atoms with E-state index in [1.165, 1.54) is 0 Å². The van der Waals surface area contributed by atoms with Gasteiger partial charge in [-0.1, -0.05) is 42.5 Å². The predicted octanol–water partition coefficient (Wildman–Crippen LogP) is 4.93. The summed E-state index contributed by atoms with van der Waals surface area (Å²) in [5.41, 5.74) is 1.51. The van der Waals surface area contributed by atoms with Gasteiger partial charge in [-0.25, -0.2) is 0 Å². The van der Waals surface area contributed by atoms with Crippen LogP contribution in [0.5, 0.6) is 11.5 Å². The number of Topliss-reactive ketones (excluding diaryl/α,β-unsaturated/α-hetero) is 1. The highest BCUT2D eigenvalue weighted by Gasteiger charge is 2.24. The molecule has 0 atom stereocenters. The van der Waals surface area contributed by atoms with Crippen molar-refractivity contribution >= 4 is 22.5 Å². The van der Waals surface area contributed by atoms with Gasteiger partial charge in [0.05, 0.1) is 12.5 Å². The van der Waals surface area contributed by atoms with Crippen molar-refractivity contribution in [3.63, 3.8) is 0 Å². The van der Waals surface area contributed by atoms with Crippen LogP contribution in [-0.2, 0) is 0 Å². The molecule has 0 spiro atoms. The van der Waals surface area contributed by atoms with Gasteiger partial charge in [-0.3, -0.25) is 9.59 Å². The van der Waals surface area contributed by atoms with Crippen molar-refractivity contribution in [3.05, 3.63) is 95.7 Å². The Morgan fingerprint density at radius 2 is 1.52 bits per heavy atom. The quantitative estimate of drug-likeness (QED) is 0.421. The van der Waals surface area contributed by atoms with Crippen LogP contribution in [0.15, 0.2) is 83.3 Å². The SMILES string of the molecule is COc1ccc(C(=O)COc2c(C(=O)c3ccccc3)oc3ccccc23)cc1. The molecular weight excluding hydrogens is 368 g/mol. The van der Waals surface area contributed by atoms with Crippen molar-refractivity contribution in [3.8, 4) is 11.5 Å². The van der Waals surface area contributed by atoms with Gasteiger partial charge >= 0.3 is 0 Å². The summed E-state index contributed by atoms with van der Waals surface area (Å²) in [7, 11) is 1.56. The fourth-order valence-corrected chi connectivity index (χ4v) is 3.03. The molecular formula is C24H18O5. The van der Waals surface area contributed by atoms with Crippen molar-refractivity contribution in [2.24, 2.45) is 0 Å². The zero-order valence-electron chi connectivity index (χ0n) is 15.8. The van der Waals surface area contributed by atoms with Crippen LogP contribution < -0.4 is 9.47 Å². The topological polar surface area (TPSA) is 65.7 Å². The number of hydrogen-bond donors (Lipinski definition) is 0. The molecule has 4 rings (SSSR count). The lowest BCUT2D eigenvalue weighted by atomic mass is 10.1. The fraction of sp³-hybridized carbons (Fsp3) is 0.0833. The van der Waals surface area contributed by atoms with E-state index in [-0.39, 0.29) is 29.7 Å². The maximum absolute atomic E-state index is 12.9. The van der Waals surface area contributed by atoms with Crippen molar-refractivity contribution in [1.82, 2.24) is 0 Å². The van der Waals surface area contributed by atoms with Gasteiger partial charge < -0.3 is 13.9 Å². The fourth-order valence-electron chi connectivity index (χ4n) is 3.03. The summed E-state index contributed by atoms with van der Waals surface area (Å²) >= 11 is 0. The summed E-state index contributed by atoms with van der Waals surface area (Å²) in [6, 6.07) is 22.8. The highest BCUT2D eigenvalue weighted by molar-refractivity contribution is 6.12. The number of furan rings is 1. The third-order valence-electron chi connectivity index (χ3n) is 4.55. The van der Waals surface area contributed by atoms with Crippen LogP contribution in [0.1, 0.15) is 26.5 Å². The van der Waals surface area contributed by atoms with Gasteiger partial charge in [-0.05, 0) is 36.4 Å². The van der Waals surface area contributed by atoms with E-state index in [2.05, 4.69) is 0 Å². The van der Waals surface area contributed by atoms with Crippen LogP contribution in [0.25, 0.3) is 11.0 Å². The van der Waals surface area contributed by atoms with E-state index >= 15 is 0 Å². The minimum absolute atomic E-state index is 0.0833. The summed E-state index contributed by atoms with van der Waals surface area (Å²) in [6.45, 7) is -0.217. The standard InChI is InChI=1S/C24H18O5/c1-27-18-13-11-16(12-14-18)20(25)15-28-23-19-9-5-6-10-21(19)29-24(23)22(26)17-7-3-2-4-8-17/h2-14H,15H2,1H3. The van der Waals surface area contributed by atoms with Gasteiger partial charge in [-0.2, -0.15) is 0 Å². The lowest BCUT2D eigenvalue weighted by Crippen LogP contribution is -2.13. The normalized spacial score (nSPS) is 10.7. The Labute approximate surface area is 167 Å². The second-order valence-corrected chi connectivity index (χ2v) is 6.39. The molecule has 144 valence electrons. The van der Waals surface area contributed by atoms with Gasteiger partial charge in [0.25, 0.3) is 0 Å². The Morgan fingerprint density at radius 3 is 2.24 bits per heavy atom. The van der Waals surface area contributed by atoms with Gasteiger partial charge in [0.1, 0.15) is 11.3 Å². The molecule has 0 amide bonds. The number of hydrogen-bond acceptors (Lipinski definition) is 5. The van der Waals surface area contributed by atoms with Gasteiger partial charge in [0.2, 0.25) is 11.5 Å². The van der Waals surface area contributed by atoms with Crippen LogP contribution in [0.2, 0.25) is 0 Å². The molecule has 0 aliphatic heterocycles. The number of methoxy groups -OCH3 is 1. The maximum Gasteiger partial charge on any atom is 0.232 e. The van der Waals surface area contributed by atoms with E-state index in [9.17, 15) is 9.59 Å². The second kappa shape index (κ2) is 8.02. The summed E-state index contributed by atoms with van der Waals surface area (Å²) in [6.07, 6.45) is 0. The molecule has 29 heavy (non-hydrogen) atoms. The smallest absolute Gasteiger partial charge is 0.232 e. The summed E-state index contributed by atoms with van der Waals surface area (Å²) in [5.74, 6) is 0.514. The molecule has 0 N–H and O–H groups in total. The van der Waals surface area contributed by atoms with Crippen molar-refractivity contribution in [2.75, 3.05) is 13.7 Å². The van der Waals surface area contributed by atoms with Crippen LogP contribution in [0.3, 0.4) is 0 Å². The number of benzene rings is 3. The van der Waals surface area contributed by atoms with Crippen LogP contribution in [0.4, 0.5) is 0 Å². The molecule has 0 aliphatic rings. The Hall–Kier alpha value is -3.86. The highest BCUT2D eigenvalue weighted by Crippen LogP contribution is 2.34. The van der Waals surface area contributed by atoms with Crippen LogP contribution in [0, 0.1) is 0 Å². The molecule has 4 aromatic rings. The predicted molar refractivity (Wildman–Crippen MR) is 109 cm³/mol. The first kappa shape index (κ1) is 18.5. The summed E-state index contributed by atoms with van der Waals surface area (Å²) < 4.78 is 16.7. The first-order valence-electron chi connectivity index (χ1n) is 9.08. The van der Waals surface area contributed by atoms with E-state index < -0.39 is 0 Å². The first-order chi connectivity index (χ1) is 14.2. The van der Waals surface area contributed by atoms with Gasteiger partial charge in [0.15, 0.2) is 18.1 Å². The third-order valence-corrected chi connectivity index (χ3v) is 4.55. The molecule has 0 bridgehead atoms. The first-order valence-corrected chi connectivity index (χ1v) is 9.08. The largest absolute Gasteiger partial charge is 0.497 e. The average molecular weight is 386 g/mol. The summed E-state index contributed by atoms with van der Waals surface area (Å²) in [4.78, 5) is 25.5. The van der Waals surface area contributed by atoms with Crippen molar-refractivity contribution in [1.29, 1.82) is 0 Å². The molecule has 0 fully saturated rings. The van der Waals surface area contributed by atoms with Crippen LogP contribution >= 0.6 is 0 Å². The molecule has 0 saturated heterocycles. The molecule has 0 unspecified atom stereocenters. The number of ketones is 2. The minimum Gasteiger partial charge on any atom is -0.497 e. The number of carbonyl (C=O) groups is 2.